The normalized spacial score (nSPS) is 11.4. The van der Waals surface area contributed by atoms with Gasteiger partial charge in [0.25, 0.3) is 11.5 Å². The van der Waals surface area contributed by atoms with Crippen molar-refractivity contribution in [3.63, 3.8) is 0 Å². The Morgan fingerprint density at radius 2 is 1.74 bits per heavy atom. The van der Waals surface area contributed by atoms with Crippen molar-refractivity contribution in [1.82, 2.24) is 20.2 Å². The van der Waals surface area contributed by atoms with Crippen molar-refractivity contribution in [3.8, 4) is 0 Å². The molecule has 3 aromatic carbocycles. The highest BCUT2D eigenvalue weighted by molar-refractivity contribution is 6.05. The molecule has 2 N–H and O–H groups in total. The second-order valence-corrected chi connectivity index (χ2v) is 7.98. The number of carbonyl (C=O) groups excluding carboxylic acids is 1. The molecule has 168 valence electrons. The van der Waals surface area contributed by atoms with E-state index < -0.39 is 5.91 Å². The van der Waals surface area contributed by atoms with Crippen LogP contribution >= 0.6 is 0 Å². The second kappa shape index (κ2) is 9.15. The van der Waals surface area contributed by atoms with E-state index in [1.165, 1.54) is 10.2 Å². The van der Waals surface area contributed by atoms with E-state index in [9.17, 15) is 9.59 Å². The highest BCUT2D eigenvalue weighted by Gasteiger charge is 2.16. The van der Waals surface area contributed by atoms with Gasteiger partial charge in [-0.2, -0.15) is 10.2 Å². The van der Waals surface area contributed by atoms with Crippen molar-refractivity contribution < 1.29 is 4.79 Å². The summed E-state index contributed by atoms with van der Waals surface area (Å²) in [5.74, 6) is -0.483. The summed E-state index contributed by atoms with van der Waals surface area (Å²) >= 11 is 0. The maximum absolute atomic E-state index is 13.1. The number of para-hydroxylation sites is 1. The average molecular weight is 450 g/mol. The molecule has 0 bridgehead atoms. The van der Waals surface area contributed by atoms with Crippen LogP contribution in [0.25, 0.3) is 21.7 Å². The molecule has 0 aliphatic carbocycles. The Kier molecular flexibility index (Phi) is 5.74. The van der Waals surface area contributed by atoms with E-state index >= 15 is 0 Å². The molecule has 2 heterocycles. The molecule has 2 aromatic heterocycles. The van der Waals surface area contributed by atoms with E-state index in [4.69, 9.17) is 0 Å². The third-order valence-corrected chi connectivity index (χ3v) is 5.84. The quantitative estimate of drug-likeness (QED) is 0.300. The number of nitrogens with one attached hydrogen (secondary N) is 2. The number of rotatable bonds is 6. The van der Waals surface area contributed by atoms with Gasteiger partial charge in [0.15, 0.2) is 5.69 Å². The van der Waals surface area contributed by atoms with Gasteiger partial charge >= 0.3 is 0 Å². The number of aryl methyl sites for hydroxylation is 1. The van der Waals surface area contributed by atoms with Gasteiger partial charge in [0, 0.05) is 28.0 Å². The van der Waals surface area contributed by atoms with E-state index in [0.717, 1.165) is 28.5 Å². The fourth-order valence-electron chi connectivity index (χ4n) is 4.12. The summed E-state index contributed by atoms with van der Waals surface area (Å²) in [7, 11) is 0. The highest BCUT2D eigenvalue weighted by Crippen LogP contribution is 2.21. The Morgan fingerprint density at radius 3 is 2.53 bits per heavy atom. The minimum absolute atomic E-state index is 0.149. The van der Waals surface area contributed by atoms with Crippen LogP contribution in [-0.2, 0) is 13.0 Å². The summed E-state index contributed by atoms with van der Waals surface area (Å²) in [5.41, 5.74) is 6.55. The van der Waals surface area contributed by atoms with Gasteiger partial charge in [0.2, 0.25) is 0 Å². The number of nitrogens with zero attached hydrogens (tertiary/aromatic N) is 3. The first-order valence-electron chi connectivity index (χ1n) is 11.1. The van der Waals surface area contributed by atoms with Crippen LogP contribution in [-0.4, -0.2) is 26.9 Å². The Labute approximate surface area is 195 Å². The maximum Gasteiger partial charge on any atom is 0.292 e. The van der Waals surface area contributed by atoms with Crippen molar-refractivity contribution in [2.45, 2.75) is 19.9 Å². The summed E-state index contributed by atoms with van der Waals surface area (Å²) in [4.78, 5) is 29.3. The Morgan fingerprint density at radius 1 is 1.00 bits per heavy atom. The van der Waals surface area contributed by atoms with Crippen LogP contribution in [0.4, 0.5) is 0 Å². The molecule has 0 fully saturated rings. The zero-order valence-electron chi connectivity index (χ0n) is 18.7. The molecule has 34 heavy (non-hydrogen) atoms. The van der Waals surface area contributed by atoms with Crippen LogP contribution in [0.1, 0.15) is 34.1 Å². The number of carbonyl (C=O) groups is 1. The fourth-order valence-corrected chi connectivity index (χ4v) is 4.12. The van der Waals surface area contributed by atoms with Gasteiger partial charge in [0.1, 0.15) is 0 Å². The second-order valence-electron chi connectivity index (χ2n) is 7.98. The molecule has 0 aliphatic heterocycles. The zero-order chi connectivity index (χ0) is 23.5. The molecule has 0 atom stereocenters. The van der Waals surface area contributed by atoms with Gasteiger partial charge in [-0.1, -0.05) is 73.7 Å². The van der Waals surface area contributed by atoms with Gasteiger partial charge in [0.05, 0.1) is 18.1 Å². The van der Waals surface area contributed by atoms with Crippen LogP contribution in [0.5, 0.6) is 0 Å². The predicted molar refractivity (Wildman–Crippen MR) is 134 cm³/mol. The SMILES string of the molecule is CCc1cccc2c(/C=N/NC(=O)c3nn(Cc4ccccc4)c(=O)c4ccccc34)c[nH]c12. The lowest BCUT2D eigenvalue weighted by atomic mass is 10.1. The average Bonchev–Trinajstić information content (AvgIpc) is 3.29. The molecule has 1 amide bonds. The van der Waals surface area contributed by atoms with E-state index in [2.05, 4.69) is 33.6 Å². The van der Waals surface area contributed by atoms with Crippen LogP contribution < -0.4 is 11.0 Å². The highest BCUT2D eigenvalue weighted by atomic mass is 16.2. The smallest absolute Gasteiger partial charge is 0.292 e. The third kappa shape index (κ3) is 3.99. The monoisotopic (exact) mass is 449 g/mol. The molecule has 0 saturated carbocycles. The molecule has 7 nitrogen and oxygen atoms in total. The topological polar surface area (TPSA) is 92.1 Å². The third-order valence-electron chi connectivity index (χ3n) is 5.84. The summed E-state index contributed by atoms with van der Waals surface area (Å²) in [6, 6.07) is 22.6. The Balaban J connectivity index is 1.46. The number of hydrogen-bond acceptors (Lipinski definition) is 4. The van der Waals surface area contributed by atoms with E-state index in [1.54, 1.807) is 30.5 Å². The number of amides is 1. The van der Waals surface area contributed by atoms with Gasteiger partial charge in [-0.3, -0.25) is 9.59 Å². The number of hydrazone groups is 1. The number of aromatic nitrogens is 3. The lowest BCUT2D eigenvalue weighted by Crippen LogP contribution is -2.29. The van der Waals surface area contributed by atoms with Crippen molar-refractivity contribution in [3.05, 3.63) is 112 Å². The number of aromatic amines is 1. The molecule has 5 rings (SSSR count). The largest absolute Gasteiger partial charge is 0.360 e. The first-order chi connectivity index (χ1) is 16.7. The molecular weight excluding hydrogens is 426 g/mol. The van der Waals surface area contributed by atoms with E-state index in [-0.39, 0.29) is 17.8 Å². The summed E-state index contributed by atoms with van der Waals surface area (Å²) in [6.07, 6.45) is 4.40. The summed E-state index contributed by atoms with van der Waals surface area (Å²) in [5, 5.41) is 10.5. The number of benzene rings is 3. The van der Waals surface area contributed by atoms with Crippen molar-refractivity contribution >= 4 is 33.8 Å². The van der Waals surface area contributed by atoms with Crippen molar-refractivity contribution in [1.29, 1.82) is 0 Å². The number of hydrogen-bond donors (Lipinski definition) is 2. The van der Waals surface area contributed by atoms with Crippen LogP contribution in [0.3, 0.4) is 0 Å². The van der Waals surface area contributed by atoms with Crippen molar-refractivity contribution in [2.75, 3.05) is 0 Å². The molecule has 7 heteroatoms. The molecule has 0 unspecified atom stereocenters. The standard InChI is InChI=1S/C27H23N5O2/c1-2-19-11-8-14-21-20(15-28-24(19)21)16-29-30-26(33)25-22-12-6-7-13-23(22)27(34)32(31-25)17-18-9-4-3-5-10-18/h3-16,28H,2,17H2,1H3,(H,30,33)/b29-16+. The van der Waals surface area contributed by atoms with E-state index in [0.29, 0.717) is 10.8 Å². The Bertz CT molecular complexity index is 1580. The molecule has 5 aromatic rings. The fraction of sp³-hybridized carbons (Fsp3) is 0.111. The Hall–Kier alpha value is -4.52. The molecule has 0 saturated heterocycles. The first-order valence-corrected chi connectivity index (χ1v) is 11.1. The number of H-pyrrole nitrogens is 1. The minimum Gasteiger partial charge on any atom is -0.360 e. The minimum atomic E-state index is -0.483. The molecule has 0 spiro atoms. The van der Waals surface area contributed by atoms with Crippen molar-refractivity contribution in [2.24, 2.45) is 5.10 Å². The van der Waals surface area contributed by atoms with Gasteiger partial charge in [-0.05, 0) is 23.6 Å². The lowest BCUT2D eigenvalue weighted by molar-refractivity contribution is 0.0949. The predicted octanol–water partition coefficient (Wildman–Crippen LogP) is 4.25. The molecule has 0 radical (unpaired) electrons. The summed E-state index contributed by atoms with van der Waals surface area (Å²) < 4.78 is 1.32. The van der Waals surface area contributed by atoms with E-state index in [1.807, 2.05) is 48.7 Å². The van der Waals surface area contributed by atoms with Gasteiger partial charge < -0.3 is 4.98 Å². The molecular formula is C27H23N5O2. The molecule has 0 aliphatic rings. The van der Waals surface area contributed by atoms with Gasteiger partial charge in [-0.25, -0.2) is 10.1 Å². The van der Waals surface area contributed by atoms with Gasteiger partial charge in [-0.15, -0.1) is 0 Å². The van der Waals surface area contributed by atoms with Crippen LogP contribution in [0.15, 0.2) is 88.9 Å². The lowest BCUT2D eigenvalue weighted by Gasteiger charge is -2.10. The summed E-state index contributed by atoms with van der Waals surface area (Å²) in [6.45, 7) is 2.38. The maximum atomic E-state index is 13.1. The van der Waals surface area contributed by atoms with Crippen LogP contribution in [0, 0.1) is 0 Å². The number of fused-ring (bicyclic) bond motifs is 2. The zero-order valence-corrected chi connectivity index (χ0v) is 18.7. The van der Waals surface area contributed by atoms with Crippen LogP contribution in [0.2, 0.25) is 0 Å². The first kappa shape index (κ1) is 21.3.